The van der Waals surface area contributed by atoms with Crippen LogP contribution in [0.25, 0.3) is 10.9 Å². The van der Waals surface area contributed by atoms with Crippen LogP contribution in [-0.4, -0.2) is 17.0 Å². The summed E-state index contributed by atoms with van der Waals surface area (Å²) in [6.45, 7) is 1.84. The average molecular weight is 191 g/mol. The van der Waals surface area contributed by atoms with Gasteiger partial charge in [0.1, 0.15) is 18.0 Å². The predicted octanol–water partition coefficient (Wildman–Crippen LogP) is 2.12. The van der Waals surface area contributed by atoms with Crippen molar-refractivity contribution in [3.8, 4) is 0 Å². The summed E-state index contributed by atoms with van der Waals surface area (Å²) >= 11 is 0. The highest BCUT2D eigenvalue weighted by Gasteiger charge is 2.07. The molecule has 72 valence electrons. The highest BCUT2D eigenvalue weighted by Crippen LogP contribution is 2.23. The number of nitrogens with one attached hydrogen (secondary N) is 1. The molecule has 2 rings (SSSR count). The number of nitrogens with zero attached hydrogens (tertiary/aromatic N) is 2. The quantitative estimate of drug-likeness (QED) is 0.750. The maximum absolute atomic E-state index is 13.6. The van der Waals surface area contributed by atoms with Crippen LogP contribution in [0.5, 0.6) is 0 Å². The first kappa shape index (κ1) is 8.87. The molecule has 0 fully saturated rings. The summed E-state index contributed by atoms with van der Waals surface area (Å²) in [6.07, 6.45) is 1.42. The van der Waals surface area contributed by atoms with E-state index in [1.165, 1.54) is 12.4 Å². The smallest absolute Gasteiger partial charge is 0.140 e. The summed E-state index contributed by atoms with van der Waals surface area (Å²) in [5, 5.41) is 3.28. The third kappa shape index (κ3) is 1.28. The van der Waals surface area contributed by atoms with Crippen molar-refractivity contribution < 1.29 is 4.39 Å². The normalized spacial score (nSPS) is 10.5. The van der Waals surface area contributed by atoms with Gasteiger partial charge < -0.3 is 5.32 Å². The van der Waals surface area contributed by atoms with Crippen LogP contribution in [0.4, 0.5) is 10.2 Å². The Hall–Kier alpha value is -1.71. The molecule has 0 aliphatic carbocycles. The molecule has 0 spiro atoms. The fraction of sp³-hybridized carbons (Fsp3) is 0.200. The van der Waals surface area contributed by atoms with Crippen molar-refractivity contribution in [2.75, 3.05) is 12.4 Å². The first-order valence-corrected chi connectivity index (χ1v) is 4.31. The van der Waals surface area contributed by atoms with Crippen molar-refractivity contribution in [1.29, 1.82) is 0 Å². The summed E-state index contributed by atoms with van der Waals surface area (Å²) in [6, 6.07) is 3.31. The Morgan fingerprint density at radius 1 is 1.29 bits per heavy atom. The van der Waals surface area contributed by atoms with Gasteiger partial charge in [-0.2, -0.15) is 0 Å². The molecule has 3 nitrogen and oxygen atoms in total. The van der Waals surface area contributed by atoms with Crippen LogP contribution < -0.4 is 5.32 Å². The maximum Gasteiger partial charge on any atom is 0.140 e. The highest BCUT2D eigenvalue weighted by atomic mass is 19.1. The van der Waals surface area contributed by atoms with Gasteiger partial charge in [0.25, 0.3) is 0 Å². The Labute approximate surface area is 81.0 Å². The second-order valence-electron chi connectivity index (χ2n) is 3.11. The highest BCUT2D eigenvalue weighted by molar-refractivity contribution is 5.89. The number of fused-ring (bicyclic) bond motifs is 1. The van der Waals surface area contributed by atoms with Gasteiger partial charge in [-0.05, 0) is 24.6 Å². The molecule has 1 heterocycles. The van der Waals surface area contributed by atoms with Gasteiger partial charge in [0, 0.05) is 7.05 Å². The molecule has 1 aromatic carbocycles. The van der Waals surface area contributed by atoms with E-state index in [0.717, 1.165) is 5.56 Å². The lowest BCUT2D eigenvalue weighted by atomic mass is 10.1. The third-order valence-corrected chi connectivity index (χ3v) is 2.07. The lowest BCUT2D eigenvalue weighted by Gasteiger charge is -2.05. The molecule has 0 radical (unpaired) electrons. The topological polar surface area (TPSA) is 37.8 Å². The van der Waals surface area contributed by atoms with Crippen molar-refractivity contribution >= 4 is 16.7 Å². The average Bonchev–Trinajstić information content (AvgIpc) is 2.16. The van der Waals surface area contributed by atoms with Gasteiger partial charge in [0.05, 0.1) is 10.9 Å². The second kappa shape index (κ2) is 3.21. The summed E-state index contributed by atoms with van der Waals surface area (Å²) in [4.78, 5) is 7.97. The van der Waals surface area contributed by atoms with Crippen LogP contribution >= 0.6 is 0 Å². The van der Waals surface area contributed by atoms with E-state index in [1.54, 1.807) is 7.05 Å². The minimum Gasteiger partial charge on any atom is -0.372 e. The molecule has 0 unspecified atom stereocenters. The molecule has 4 heteroatoms. The number of hydrogen-bond acceptors (Lipinski definition) is 3. The van der Waals surface area contributed by atoms with Crippen molar-refractivity contribution in [2.24, 2.45) is 0 Å². The second-order valence-corrected chi connectivity index (χ2v) is 3.11. The van der Waals surface area contributed by atoms with Crippen molar-refractivity contribution in [3.05, 3.63) is 29.8 Å². The number of halogens is 1. The molecule has 0 amide bonds. The molecule has 0 bridgehead atoms. The van der Waals surface area contributed by atoms with E-state index in [-0.39, 0.29) is 5.82 Å². The van der Waals surface area contributed by atoms with Crippen LogP contribution in [0.1, 0.15) is 5.56 Å². The molecule has 0 saturated carbocycles. The number of hydrogen-bond donors (Lipinski definition) is 1. The Balaban J connectivity index is 2.87. The minimum absolute atomic E-state index is 0.287. The van der Waals surface area contributed by atoms with E-state index in [0.29, 0.717) is 16.7 Å². The molecule has 2 aromatic rings. The minimum atomic E-state index is -0.287. The van der Waals surface area contributed by atoms with Crippen molar-refractivity contribution in [3.63, 3.8) is 0 Å². The van der Waals surface area contributed by atoms with Crippen LogP contribution in [0.15, 0.2) is 18.5 Å². The molecular formula is C10H10FN3. The summed E-state index contributed by atoms with van der Waals surface area (Å²) in [5.74, 6) is 0.234. The number of rotatable bonds is 1. The first-order valence-electron chi connectivity index (χ1n) is 4.31. The zero-order valence-corrected chi connectivity index (χ0v) is 8.00. The van der Waals surface area contributed by atoms with Gasteiger partial charge in [0.2, 0.25) is 0 Å². The Kier molecular flexibility index (Phi) is 2.04. The van der Waals surface area contributed by atoms with Crippen LogP contribution in [0.2, 0.25) is 0 Å². The van der Waals surface area contributed by atoms with Gasteiger partial charge in [-0.15, -0.1) is 0 Å². The zero-order chi connectivity index (χ0) is 10.1. The molecule has 1 N–H and O–H groups in total. The van der Waals surface area contributed by atoms with Gasteiger partial charge in [0.15, 0.2) is 0 Å². The van der Waals surface area contributed by atoms with Crippen molar-refractivity contribution in [1.82, 2.24) is 9.97 Å². The molecule has 14 heavy (non-hydrogen) atoms. The van der Waals surface area contributed by atoms with Gasteiger partial charge >= 0.3 is 0 Å². The van der Waals surface area contributed by atoms with Crippen molar-refractivity contribution in [2.45, 2.75) is 6.92 Å². The SMILES string of the molecule is CNc1ncnc2cc(C)cc(F)c12. The van der Waals surface area contributed by atoms with E-state index < -0.39 is 0 Å². The largest absolute Gasteiger partial charge is 0.372 e. The number of anilines is 1. The lowest BCUT2D eigenvalue weighted by Crippen LogP contribution is -1.97. The molecule has 0 saturated heterocycles. The fourth-order valence-electron chi connectivity index (χ4n) is 1.46. The predicted molar refractivity (Wildman–Crippen MR) is 53.8 cm³/mol. The zero-order valence-electron chi connectivity index (χ0n) is 8.00. The van der Waals surface area contributed by atoms with Crippen LogP contribution in [-0.2, 0) is 0 Å². The number of aryl methyl sites for hydroxylation is 1. The summed E-state index contributed by atoms with van der Waals surface area (Å²) in [7, 11) is 1.71. The third-order valence-electron chi connectivity index (χ3n) is 2.07. The monoisotopic (exact) mass is 191 g/mol. The van der Waals surface area contributed by atoms with Gasteiger partial charge in [-0.3, -0.25) is 0 Å². The summed E-state index contributed by atoms with van der Waals surface area (Å²) in [5.41, 5.74) is 1.48. The Morgan fingerprint density at radius 2 is 2.07 bits per heavy atom. The lowest BCUT2D eigenvalue weighted by molar-refractivity contribution is 0.638. The van der Waals surface area contributed by atoms with Gasteiger partial charge in [-0.25, -0.2) is 14.4 Å². The molecule has 0 aliphatic rings. The summed E-state index contributed by atoms with van der Waals surface area (Å²) < 4.78 is 13.6. The first-order chi connectivity index (χ1) is 6.72. The van der Waals surface area contributed by atoms with E-state index in [1.807, 2.05) is 13.0 Å². The number of aromatic nitrogens is 2. The Morgan fingerprint density at radius 3 is 2.79 bits per heavy atom. The standard InChI is InChI=1S/C10H10FN3/c1-6-3-7(11)9-8(4-6)13-5-14-10(9)12-2/h3-5H,1-2H3,(H,12,13,14). The maximum atomic E-state index is 13.6. The van der Waals surface area contributed by atoms with E-state index in [9.17, 15) is 4.39 Å². The van der Waals surface area contributed by atoms with E-state index >= 15 is 0 Å². The molecule has 0 aliphatic heterocycles. The number of benzene rings is 1. The van der Waals surface area contributed by atoms with Crippen LogP contribution in [0, 0.1) is 12.7 Å². The Bertz CT molecular complexity index is 482. The van der Waals surface area contributed by atoms with Crippen LogP contribution in [0.3, 0.4) is 0 Å². The molecule has 0 atom stereocenters. The van der Waals surface area contributed by atoms with E-state index in [2.05, 4.69) is 15.3 Å². The van der Waals surface area contributed by atoms with E-state index in [4.69, 9.17) is 0 Å². The molecular weight excluding hydrogens is 181 g/mol. The van der Waals surface area contributed by atoms with Gasteiger partial charge in [-0.1, -0.05) is 0 Å². The molecule has 1 aromatic heterocycles. The fourth-order valence-corrected chi connectivity index (χ4v) is 1.46.